The lowest BCUT2D eigenvalue weighted by molar-refractivity contribution is 0.106. The van der Waals surface area contributed by atoms with Crippen molar-refractivity contribution < 1.29 is 24.1 Å². The normalized spacial score (nSPS) is 11.9. The van der Waals surface area contributed by atoms with Gasteiger partial charge in [-0.2, -0.15) is 0 Å². The Balaban J connectivity index is 1.52. The SMILES string of the molecule is COc1cc(CNCC(O)COc2ccc3[nH]c(=O)ccc3c2)cc(OC)c1OC. The third-order valence-electron chi connectivity index (χ3n) is 4.57. The highest BCUT2D eigenvalue weighted by molar-refractivity contribution is 5.79. The van der Waals surface area contributed by atoms with Crippen LogP contribution >= 0.6 is 0 Å². The van der Waals surface area contributed by atoms with E-state index in [4.69, 9.17) is 18.9 Å². The molecular formula is C22H26N2O6. The standard InChI is InChI=1S/C22H26N2O6/c1-27-19-8-14(9-20(28-2)22(19)29-3)11-23-12-16(25)13-30-17-5-6-18-15(10-17)4-7-21(26)24-18/h4-10,16,23,25H,11-13H2,1-3H3,(H,24,26). The molecule has 3 N–H and O–H groups in total. The lowest BCUT2D eigenvalue weighted by Crippen LogP contribution is -2.31. The largest absolute Gasteiger partial charge is 0.493 e. The minimum absolute atomic E-state index is 0.136. The van der Waals surface area contributed by atoms with E-state index in [1.165, 1.54) is 6.07 Å². The maximum Gasteiger partial charge on any atom is 0.248 e. The van der Waals surface area contributed by atoms with Crippen LogP contribution in [0.25, 0.3) is 10.9 Å². The molecule has 1 atom stereocenters. The van der Waals surface area contributed by atoms with Gasteiger partial charge in [0.25, 0.3) is 0 Å². The zero-order valence-corrected chi connectivity index (χ0v) is 17.2. The highest BCUT2D eigenvalue weighted by atomic mass is 16.5. The summed E-state index contributed by atoms with van der Waals surface area (Å²) in [6.45, 7) is 0.992. The molecule has 0 radical (unpaired) electrons. The fraction of sp³-hybridized carbons (Fsp3) is 0.318. The number of nitrogens with one attached hydrogen (secondary N) is 2. The van der Waals surface area contributed by atoms with Crippen molar-refractivity contribution in [1.29, 1.82) is 0 Å². The molecule has 8 nitrogen and oxygen atoms in total. The van der Waals surface area contributed by atoms with E-state index in [2.05, 4.69) is 10.3 Å². The fourth-order valence-corrected chi connectivity index (χ4v) is 3.09. The van der Waals surface area contributed by atoms with E-state index in [1.54, 1.807) is 39.5 Å². The molecule has 0 saturated heterocycles. The van der Waals surface area contributed by atoms with Gasteiger partial charge in [-0.15, -0.1) is 0 Å². The van der Waals surface area contributed by atoms with Crippen LogP contribution in [0, 0.1) is 0 Å². The Morgan fingerprint density at radius 3 is 2.40 bits per heavy atom. The van der Waals surface area contributed by atoms with Gasteiger partial charge in [0.2, 0.25) is 11.3 Å². The number of benzene rings is 2. The summed E-state index contributed by atoms with van der Waals surface area (Å²) in [4.78, 5) is 14.1. The topological polar surface area (TPSA) is 102 Å². The highest BCUT2D eigenvalue weighted by Crippen LogP contribution is 2.38. The second kappa shape index (κ2) is 10.00. The third-order valence-corrected chi connectivity index (χ3v) is 4.57. The Hall–Kier alpha value is -3.23. The van der Waals surface area contributed by atoms with Crippen molar-refractivity contribution in [1.82, 2.24) is 10.3 Å². The number of hydrogen-bond acceptors (Lipinski definition) is 7. The molecule has 0 aliphatic rings. The number of fused-ring (bicyclic) bond motifs is 1. The molecule has 0 fully saturated rings. The van der Waals surface area contributed by atoms with E-state index in [9.17, 15) is 9.90 Å². The van der Waals surface area contributed by atoms with Gasteiger partial charge in [-0.05, 0) is 42.0 Å². The summed E-state index contributed by atoms with van der Waals surface area (Å²) in [5, 5.41) is 14.3. The molecule has 0 saturated carbocycles. The van der Waals surface area contributed by atoms with Crippen LogP contribution in [0.2, 0.25) is 0 Å². The third kappa shape index (κ3) is 5.22. The van der Waals surface area contributed by atoms with Crippen molar-refractivity contribution in [2.75, 3.05) is 34.5 Å². The molecule has 30 heavy (non-hydrogen) atoms. The maximum absolute atomic E-state index is 11.3. The van der Waals surface area contributed by atoms with E-state index < -0.39 is 6.10 Å². The lowest BCUT2D eigenvalue weighted by atomic mass is 10.1. The van der Waals surface area contributed by atoms with E-state index in [1.807, 2.05) is 18.2 Å². The maximum atomic E-state index is 11.3. The Labute approximate surface area is 174 Å². The number of H-pyrrole nitrogens is 1. The Kier molecular flexibility index (Phi) is 7.16. The zero-order valence-electron chi connectivity index (χ0n) is 17.2. The molecule has 3 aromatic rings. The number of ether oxygens (including phenoxy) is 4. The first-order valence-electron chi connectivity index (χ1n) is 9.47. The Morgan fingerprint density at radius 2 is 1.73 bits per heavy atom. The van der Waals surface area contributed by atoms with Gasteiger partial charge in [-0.1, -0.05) is 0 Å². The molecule has 8 heteroatoms. The summed E-state index contributed by atoms with van der Waals surface area (Å²) in [5.74, 6) is 2.32. The van der Waals surface area contributed by atoms with Crippen LogP contribution in [-0.4, -0.2) is 50.7 Å². The van der Waals surface area contributed by atoms with Crippen LogP contribution in [0.1, 0.15) is 5.56 Å². The fourth-order valence-electron chi connectivity index (χ4n) is 3.09. The van der Waals surface area contributed by atoms with Crippen molar-refractivity contribution in [3.05, 3.63) is 58.4 Å². The second-order valence-electron chi connectivity index (χ2n) is 6.70. The zero-order chi connectivity index (χ0) is 21.5. The number of pyridine rings is 1. The molecule has 160 valence electrons. The smallest absolute Gasteiger partial charge is 0.248 e. The molecule has 1 unspecified atom stereocenters. The first-order chi connectivity index (χ1) is 14.5. The Bertz CT molecular complexity index is 1020. The predicted molar refractivity (Wildman–Crippen MR) is 114 cm³/mol. The minimum Gasteiger partial charge on any atom is -0.493 e. The average molecular weight is 414 g/mol. The van der Waals surface area contributed by atoms with Gasteiger partial charge < -0.3 is 34.4 Å². The second-order valence-corrected chi connectivity index (χ2v) is 6.70. The molecule has 0 bridgehead atoms. The summed E-state index contributed by atoms with van der Waals surface area (Å²) in [7, 11) is 4.70. The molecule has 0 spiro atoms. The van der Waals surface area contributed by atoms with Crippen molar-refractivity contribution in [3.8, 4) is 23.0 Å². The average Bonchev–Trinajstić information content (AvgIpc) is 2.76. The van der Waals surface area contributed by atoms with Gasteiger partial charge in [-0.25, -0.2) is 0 Å². The van der Waals surface area contributed by atoms with Gasteiger partial charge in [0.1, 0.15) is 18.5 Å². The van der Waals surface area contributed by atoms with Crippen molar-refractivity contribution in [2.24, 2.45) is 0 Å². The number of aromatic amines is 1. The van der Waals surface area contributed by atoms with E-state index in [-0.39, 0.29) is 12.2 Å². The minimum atomic E-state index is -0.696. The summed E-state index contributed by atoms with van der Waals surface area (Å²) in [5.41, 5.74) is 1.52. The summed E-state index contributed by atoms with van der Waals surface area (Å²) < 4.78 is 21.7. The van der Waals surface area contributed by atoms with Gasteiger partial charge in [-0.3, -0.25) is 4.79 Å². The molecule has 0 amide bonds. The summed E-state index contributed by atoms with van der Waals surface area (Å²) >= 11 is 0. The number of aliphatic hydroxyl groups excluding tert-OH is 1. The summed E-state index contributed by atoms with van der Waals surface area (Å²) in [6.07, 6.45) is -0.696. The molecule has 2 aromatic carbocycles. The molecular weight excluding hydrogens is 388 g/mol. The number of rotatable bonds is 10. The first-order valence-corrected chi connectivity index (χ1v) is 9.47. The lowest BCUT2D eigenvalue weighted by Gasteiger charge is -2.16. The van der Waals surface area contributed by atoms with Crippen molar-refractivity contribution in [2.45, 2.75) is 12.6 Å². The number of aliphatic hydroxyl groups is 1. The van der Waals surface area contributed by atoms with E-state index >= 15 is 0 Å². The van der Waals surface area contributed by atoms with Crippen LogP contribution in [0.3, 0.4) is 0 Å². The van der Waals surface area contributed by atoms with Crippen LogP contribution in [-0.2, 0) is 6.54 Å². The Morgan fingerprint density at radius 1 is 1.00 bits per heavy atom. The molecule has 1 heterocycles. The molecule has 3 rings (SSSR count). The van der Waals surface area contributed by atoms with Gasteiger partial charge >= 0.3 is 0 Å². The summed E-state index contributed by atoms with van der Waals surface area (Å²) in [6, 6.07) is 12.3. The first kappa shape index (κ1) is 21.5. The van der Waals surface area contributed by atoms with Crippen LogP contribution < -0.4 is 29.8 Å². The number of hydrogen-bond donors (Lipinski definition) is 3. The predicted octanol–water partition coefficient (Wildman–Crippen LogP) is 2.08. The van der Waals surface area contributed by atoms with Crippen molar-refractivity contribution in [3.63, 3.8) is 0 Å². The highest BCUT2D eigenvalue weighted by Gasteiger charge is 2.13. The monoisotopic (exact) mass is 414 g/mol. The number of aromatic nitrogens is 1. The molecule has 1 aromatic heterocycles. The van der Waals surface area contributed by atoms with Crippen LogP contribution in [0.5, 0.6) is 23.0 Å². The van der Waals surface area contributed by atoms with Crippen molar-refractivity contribution >= 4 is 10.9 Å². The van der Waals surface area contributed by atoms with Gasteiger partial charge in [0.05, 0.1) is 21.3 Å². The number of methoxy groups -OCH3 is 3. The molecule has 0 aliphatic carbocycles. The van der Waals surface area contributed by atoms with Crippen LogP contribution in [0.4, 0.5) is 0 Å². The van der Waals surface area contributed by atoms with Gasteiger partial charge in [0.15, 0.2) is 11.5 Å². The van der Waals surface area contributed by atoms with E-state index in [0.29, 0.717) is 36.1 Å². The quantitative estimate of drug-likeness (QED) is 0.467. The van der Waals surface area contributed by atoms with Gasteiger partial charge in [0, 0.05) is 30.1 Å². The van der Waals surface area contributed by atoms with E-state index in [0.717, 1.165) is 16.5 Å². The molecule has 0 aliphatic heterocycles. The van der Waals surface area contributed by atoms with Crippen LogP contribution in [0.15, 0.2) is 47.3 Å².